The summed E-state index contributed by atoms with van der Waals surface area (Å²) in [5, 5.41) is 7.37. The predicted molar refractivity (Wildman–Crippen MR) is 80.8 cm³/mol. The molecule has 102 valence electrons. The molecule has 0 radical (unpaired) electrons. The zero-order valence-corrected chi connectivity index (χ0v) is 13.4. The van der Waals surface area contributed by atoms with Gasteiger partial charge in [-0.05, 0) is 36.7 Å². The van der Waals surface area contributed by atoms with Gasteiger partial charge in [-0.25, -0.2) is 9.67 Å². The number of aromatic nitrogens is 3. The maximum absolute atomic E-state index is 12.1. The largest absolute Gasteiger partial charge is 0.378 e. The molecule has 2 heterocycles. The van der Waals surface area contributed by atoms with E-state index < -0.39 is 0 Å². The molecule has 0 aliphatic heterocycles. The summed E-state index contributed by atoms with van der Waals surface area (Å²) in [7, 11) is 0. The number of thiazole rings is 1. The van der Waals surface area contributed by atoms with Gasteiger partial charge in [0.2, 0.25) is 0 Å². The first kappa shape index (κ1) is 14.2. The van der Waals surface area contributed by atoms with E-state index in [1.165, 1.54) is 4.68 Å². The highest BCUT2D eigenvalue weighted by Crippen LogP contribution is 2.20. The number of nitrogens with one attached hydrogen (secondary N) is 1. The van der Waals surface area contributed by atoms with Crippen LogP contribution in [0.4, 0.5) is 5.69 Å². The Labute approximate surface area is 123 Å². The van der Waals surface area contributed by atoms with Crippen LogP contribution in [0.25, 0.3) is 0 Å². The van der Waals surface area contributed by atoms with Crippen molar-refractivity contribution in [2.75, 3.05) is 5.32 Å². The molecule has 2 aromatic heterocycles. The molecule has 0 spiro atoms. The van der Waals surface area contributed by atoms with Gasteiger partial charge in [0.15, 0.2) is 0 Å². The molecule has 5 nitrogen and oxygen atoms in total. The van der Waals surface area contributed by atoms with Crippen molar-refractivity contribution in [1.82, 2.24) is 14.8 Å². The van der Waals surface area contributed by atoms with Crippen molar-refractivity contribution in [2.45, 2.75) is 33.4 Å². The Kier molecular flexibility index (Phi) is 4.36. The number of rotatable bonds is 4. The van der Waals surface area contributed by atoms with Crippen molar-refractivity contribution in [1.29, 1.82) is 0 Å². The van der Waals surface area contributed by atoms with E-state index in [0.717, 1.165) is 10.6 Å². The van der Waals surface area contributed by atoms with Crippen LogP contribution in [-0.4, -0.2) is 14.8 Å². The Morgan fingerprint density at radius 2 is 2.26 bits per heavy atom. The second-order valence-electron chi connectivity index (χ2n) is 4.43. The van der Waals surface area contributed by atoms with Gasteiger partial charge in [-0.15, -0.1) is 11.3 Å². The molecule has 0 amide bonds. The monoisotopic (exact) mass is 342 g/mol. The van der Waals surface area contributed by atoms with Crippen LogP contribution in [-0.2, 0) is 6.54 Å². The average Bonchev–Trinajstić information content (AvgIpc) is 2.76. The summed E-state index contributed by atoms with van der Waals surface area (Å²) < 4.78 is 1.96. The SMILES string of the molecule is Cc1ncsc1CNc1cnn(C(C)C)c(=O)c1Br. The van der Waals surface area contributed by atoms with Gasteiger partial charge in [0.05, 0.1) is 35.7 Å². The Hall–Kier alpha value is -1.21. The highest BCUT2D eigenvalue weighted by atomic mass is 79.9. The molecule has 7 heteroatoms. The third kappa shape index (κ3) is 3.03. The number of nitrogens with zero attached hydrogens (tertiary/aromatic N) is 3. The van der Waals surface area contributed by atoms with Crippen molar-refractivity contribution in [3.05, 3.63) is 37.1 Å². The van der Waals surface area contributed by atoms with E-state index in [-0.39, 0.29) is 11.6 Å². The first-order valence-corrected chi connectivity index (χ1v) is 7.58. The zero-order valence-electron chi connectivity index (χ0n) is 11.0. The lowest BCUT2D eigenvalue weighted by molar-refractivity contribution is 0.501. The van der Waals surface area contributed by atoms with Gasteiger partial charge in [0, 0.05) is 4.88 Å². The van der Waals surface area contributed by atoms with E-state index in [4.69, 9.17) is 0 Å². The number of halogens is 1. The molecule has 0 fully saturated rings. The van der Waals surface area contributed by atoms with Gasteiger partial charge in [0.1, 0.15) is 4.47 Å². The van der Waals surface area contributed by atoms with Crippen LogP contribution in [0.2, 0.25) is 0 Å². The van der Waals surface area contributed by atoms with E-state index in [9.17, 15) is 4.79 Å². The lowest BCUT2D eigenvalue weighted by atomic mass is 10.3. The van der Waals surface area contributed by atoms with Crippen molar-refractivity contribution in [3.8, 4) is 0 Å². The smallest absolute Gasteiger partial charge is 0.283 e. The average molecular weight is 343 g/mol. The molecule has 0 aliphatic carbocycles. The minimum absolute atomic E-state index is 0.0431. The van der Waals surface area contributed by atoms with Crippen LogP contribution in [0, 0.1) is 6.92 Å². The Morgan fingerprint density at radius 3 is 2.84 bits per heavy atom. The van der Waals surface area contributed by atoms with E-state index in [0.29, 0.717) is 16.7 Å². The van der Waals surface area contributed by atoms with Crippen LogP contribution >= 0.6 is 27.3 Å². The first-order chi connectivity index (χ1) is 9.00. The molecule has 0 unspecified atom stereocenters. The van der Waals surface area contributed by atoms with E-state index in [1.54, 1.807) is 17.5 Å². The third-order valence-electron chi connectivity index (χ3n) is 2.72. The molecule has 0 aliphatic rings. The summed E-state index contributed by atoms with van der Waals surface area (Å²) in [5.41, 5.74) is 3.41. The molecule has 1 N–H and O–H groups in total. The summed E-state index contributed by atoms with van der Waals surface area (Å²) in [6.07, 6.45) is 1.67. The first-order valence-electron chi connectivity index (χ1n) is 5.91. The Balaban J connectivity index is 2.20. The number of aryl methyl sites for hydroxylation is 1. The molecule has 19 heavy (non-hydrogen) atoms. The zero-order chi connectivity index (χ0) is 14.0. The van der Waals surface area contributed by atoms with Gasteiger partial charge in [-0.1, -0.05) is 0 Å². The number of hydrogen-bond donors (Lipinski definition) is 1. The summed E-state index contributed by atoms with van der Waals surface area (Å²) in [6.45, 7) is 6.46. The molecule has 0 saturated carbocycles. The van der Waals surface area contributed by atoms with Gasteiger partial charge in [-0.2, -0.15) is 5.10 Å². The van der Waals surface area contributed by atoms with Crippen molar-refractivity contribution < 1.29 is 0 Å². The van der Waals surface area contributed by atoms with Crippen molar-refractivity contribution in [2.24, 2.45) is 0 Å². The molecule has 0 saturated heterocycles. The second-order valence-corrected chi connectivity index (χ2v) is 6.16. The van der Waals surface area contributed by atoms with Gasteiger partial charge in [0.25, 0.3) is 5.56 Å². The fourth-order valence-corrected chi connectivity index (χ4v) is 2.75. The summed E-state index contributed by atoms with van der Waals surface area (Å²) in [5.74, 6) is 0. The number of anilines is 1. The van der Waals surface area contributed by atoms with Crippen LogP contribution < -0.4 is 10.9 Å². The second kappa shape index (κ2) is 5.83. The van der Waals surface area contributed by atoms with E-state index in [1.807, 2.05) is 26.3 Å². The third-order valence-corrected chi connectivity index (χ3v) is 4.42. The summed E-state index contributed by atoms with van der Waals surface area (Å²) >= 11 is 4.93. The molecule has 0 aromatic carbocycles. The number of hydrogen-bond acceptors (Lipinski definition) is 5. The topological polar surface area (TPSA) is 59.8 Å². The maximum Gasteiger partial charge on any atom is 0.283 e. The molecular formula is C12H15BrN4OS. The summed E-state index contributed by atoms with van der Waals surface area (Å²) in [4.78, 5) is 17.4. The molecular weight excluding hydrogens is 328 g/mol. The molecule has 0 bridgehead atoms. The minimum Gasteiger partial charge on any atom is -0.378 e. The Bertz CT molecular complexity index is 635. The quantitative estimate of drug-likeness (QED) is 0.927. The lowest BCUT2D eigenvalue weighted by Crippen LogP contribution is -2.26. The van der Waals surface area contributed by atoms with Gasteiger partial charge in [-0.3, -0.25) is 4.79 Å². The van der Waals surface area contributed by atoms with Gasteiger partial charge >= 0.3 is 0 Å². The normalized spacial score (nSPS) is 11.0. The van der Waals surface area contributed by atoms with Crippen molar-refractivity contribution >= 4 is 33.0 Å². The van der Waals surface area contributed by atoms with Crippen LogP contribution in [0.15, 0.2) is 21.0 Å². The minimum atomic E-state index is -0.124. The fraction of sp³-hybridized carbons (Fsp3) is 0.417. The molecule has 0 atom stereocenters. The maximum atomic E-state index is 12.1. The van der Waals surface area contributed by atoms with Crippen LogP contribution in [0.3, 0.4) is 0 Å². The highest BCUT2D eigenvalue weighted by molar-refractivity contribution is 9.10. The highest BCUT2D eigenvalue weighted by Gasteiger charge is 2.11. The van der Waals surface area contributed by atoms with E-state index >= 15 is 0 Å². The lowest BCUT2D eigenvalue weighted by Gasteiger charge is -2.12. The summed E-state index contributed by atoms with van der Waals surface area (Å²) in [6, 6.07) is 0.0431. The standard InChI is InChI=1S/C12H15BrN4OS/c1-7(2)17-12(18)11(13)9(4-16-17)14-5-10-8(3)15-6-19-10/h4,6-7,14H,5H2,1-3H3. The fourth-order valence-electron chi connectivity index (χ4n) is 1.61. The van der Waals surface area contributed by atoms with Crippen molar-refractivity contribution in [3.63, 3.8) is 0 Å². The van der Waals surface area contributed by atoms with Crippen LogP contribution in [0.1, 0.15) is 30.5 Å². The Morgan fingerprint density at radius 1 is 1.53 bits per heavy atom. The van der Waals surface area contributed by atoms with E-state index in [2.05, 4.69) is 31.3 Å². The van der Waals surface area contributed by atoms with Gasteiger partial charge < -0.3 is 5.32 Å². The van der Waals surface area contributed by atoms with Crippen LogP contribution in [0.5, 0.6) is 0 Å². The molecule has 2 aromatic rings. The molecule has 2 rings (SSSR count). The predicted octanol–water partition coefficient (Wildman–Crippen LogP) is 2.96.